The van der Waals surface area contributed by atoms with Crippen molar-refractivity contribution in [3.05, 3.63) is 263 Å². The highest BCUT2D eigenvalue weighted by Crippen LogP contribution is 2.55. The normalized spacial score (nSPS) is 14.0. The van der Waals surface area contributed by atoms with E-state index in [1.807, 2.05) is 0 Å². The van der Waals surface area contributed by atoms with Crippen molar-refractivity contribution in [3.8, 4) is 55.9 Å². The molecule has 0 N–H and O–H groups in total. The van der Waals surface area contributed by atoms with Gasteiger partial charge in [0, 0.05) is 54.5 Å². The molecule has 17 rings (SSSR count). The summed E-state index contributed by atoms with van der Waals surface area (Å²) in [5, 5.41) is 17.5. The van der Waals surface area contributed by atoms with Gasteiger partial charge in [0.25, 0.3) is 0 Å². The summed E-state index contributed by atoms with van der Waals surface area (Å²) in [4.78, 5) is 0. The van der Waals surface area contributed by atoms with Crippen molar-refractivity contribution in [2.24, 2.45) is 0 Å². The third-order valence-electron chi connectivity index (χ3n) is 20.1. The number of aryl methyl sites for hydroxylation is 2. The Morgan fingerprint density at radius 2 is 0.585 bits per heavy atom. The summed E-state index contributed by atoms with van der Waals surface area (Å²) < 4.78 is 5.21. The van der Waals surface area contributed by atoms with E-state index >= 15 is 0 Å². The van der Waals surface area contributed by atoms with Gasteiger partial charge in [-0.2, -0.15) is 0 Å². The van der Waals surface area contributed by atoms with Crippen LogP contribution >= 0.6 is 0 Å². The average molecular weight is 1050 g/mol. The monoisotopic (exact) mass is 1050 g/mol. The van der Waals surface area contributed by atoms with Crippen LogP contribution < -0.4 is 0 Å². The van der Waals surface area contributed by atoms with Crippen LogP contribution in [0.3, 0.4) is 0 Å². The molecule has 0 radical (unpaired) electrons. The van der Waals surface area contributed by atoms with Crippen LogP contribution in [-0.2, 0) is 10.8 Å². The molecule has 2 nitrogen and oxygen atoms in total. The second kappa shape index (κ2) is 16.6. The molecule has 2 aromatic heterocycles. The molecule has 2 aliphatic carbocycles. The predicted octanol–water partition coefficient (Wildman–Crippen LogP) is 21.7. The molecular formula is C80H60N2. The molecule has 0 amide bonds. The van der Waals surface area contributed by atoms with E-state index in [1.165, 1.54) is 187 Å². The van der Waals surface area contributed by atoms with Crippen LogP contribution in [0.5, 0.6) is 0 Å². The van der Waals surface area contributed by atoms with E-state index in [1.54, 1.807) is 0 Å². The van der Waals surface area contributed by atoms with Gasteiger partial charge in [-0.15, -0.1) is 0 Å². The SMILES string of the molecule is Cc1c(C)n(-c2c3ccccc3cc3ccccc23)c2cc3c(-c4ccc5c(c4)C(C)(C)c4ccccc4-5)c4cc5c(C)c(C)n(-c6c7ccccc7cc7ccccc67)c5cc4c(-c4ccc5c(c4)C(C)(C)c4ccccc4-5)c3cc12. The highest BCUT2D eigenvalue weighted by molar-refractivity contribution is 6.26. The number of fused-ring (bicyclic) bond motifs is 14. The zero-order chi connectivity index (χ0) is 55.2. The molecule has 0 bridgehead atoms. The molecule has 15 aromatic rings. The van der Waals surface area contributed by atoms with E-state index < -0.39 is 0 Å². The van der Waals surface area contributed by atoms with Crippen LogP contribution in [0, 0.1) is 27.7 Å². The van der Waals surface area contributed by atoms with Gasteiger partial charge in [-0.25, -0.2) is 0 Å². The fraction of sp³-hybridized carbons (Fsp3) is 0.125. The van der Waals surface area contributed by atoms with Crippen LogP contribution in [0.15, 0.2) is 218 Å². The number of hydrogen-bond acceptors (Lipinski definition) is 0. The Morgan fingerprint density at radius 1 is 0.268 bits per heavy atom. The van der Waals surface area contributed by atoms with Crippen molar-refractivity contribution in [2.45, 2.75) is 66.2 Å². The average Bonchev–Trinajstić information content (AvgIpc) is 3.06. The molecule has 0 spiro atoms. The van der Waals surface area contributed by atoms with Crippen LogP contribution in [-0.4, -0.2) is 9.13 Å². The zero-order valence-corrected chi connectivity index (χ0v) is 47.7. The highest BCUT2D eigenvalue weighted by atomic mass is 15.0. The minimum atomic E-state index is -0.187. The summed E-state index contributed by atoms with van der Waals surface area (Å²) >= 11 is 0. The summed E-state index contributed by atoms with van der Waals surface area (Å²) in [7, 11) is 0. The lowest BCUT2D eigenvalue weighted by Gasteiger charge is -2.24. The molecule has 0 fully saturated rings. The molecule has 0 saturated heterocycles. The fourth-order valence-corrected chi connectivity index (χ4v) is 15.7. The largest absolute Gasteiger partial charge is 0.312 e. The number of rotatable bonds is 4. The molecule has 2 heteroatoms. The summed E-state index contributed by atoms with van der Waals surface area (Å²) in [6, 6.07) is 83.9. The smallest absolute Gasteiger partial charge is 0.0615 e. The van der Waals surface area contributed by atoms with Crippen LogP contribution in [0.25, 0.3) is 142 Å². The van der Waals surface area contributed by atoms with Crippen molar-refractivity contribution < 1.29 is 0 Å². The van der Waals surface area contributed by atoms with Crippen molar-refractivity contribution in [3.63, 3.8) is 0 Å². The molecule has 2 heterocycles. The minimum absolute atomic E-state index is 0.187. The van der Waals surface area contributed by atoms with Crippen molar-refractivity contribution >= 4 is 86.4 Å². The quantitative estimate of drug-likeness (QED) is 0.156. The Balaban J connectivity index is 1.07. The van der Waals surface area contributed by atoms with Gasteiger partial charge in [0.1, 0.15) is 0 Å². The minimum Gasteiger partial charge on any atom is -0.312 e. The van der Waals surface area contributed by atoms with Gasteiger partial charge < -0.3 is 9.13 Å². The Bertz CT molecular complexity index is 4930. The van der Waals surface area contributed by atoms with E-state index in [0.29, 0.717) is 0 Å². The predicted molar refractivity (Wildman–Crippen MR) is 350 cm³/mol. The van der Waals surface area contributed by atoms with Gasteiger partial charge in [-0.1, -0.05) is 198 Å². The lowest BCUT2D eigenvalue weighted by atomic mass is 9.79. The van der Waals surface area contributed by atoms with Crippen molar-refractivity contribution in [2.75, 3.05) is 0 Å². The summed E-state index contributed by atoms with van der Waals surface area (Å²) in [5.74, 6) is 0. The van der Waals surface area contributed by atoms with E-state index in [2.05, 4.69) is 283 Å². The second-order valence-corrected chi connectivity index (χ2v) is 24.9. The first-order valence-corrected chi connectivity index (χ1v) is 29.2. The fourth-order valence-electron chi connectivity index (χ4n) is 15.7. The molecule has 2 aliphatic rings. The first-order valence-electron chi connectivity index (χ1n) is 29.2. The van der Waals surface area contributed by atoms with Crippen LogP contribution in [0.1, 0.15) is 72.5 Å². The maximum Gasteiger partial charge on any atom is 0.0615 e. The number of aromatic nitrogens is 2. The highest BCUT2D eigenvalue weighted by Gasteiger charge is 2.38. The first-order chi connectivity index (χ1) is 39.9. The Hall–Kier alpha value is -9.50. The van der Waals surface area contributed by atoms with Crippen LogP contribution in [0.2, 0.25) is 0 Å². The standard InChI is InChI=1S/C80H60N2/c1-45-47(3)81(77-55-25-13-9-21-49(55)37-50-22-10-14-26-56(50)77)73-43-67-65(41-63(45)73)75(53-33-35-61-59-29-17-19-31-69(59)79(5,6)71(61)39-53)68-44-74-64(42-66(68)76(67)54-34-36-62-60-30-18-20-32-70(60)80(7,8)72(62)40-54)46(2)48(4)82(74)78-57-27-15-11-23-51(57)38-52-24-12-16-28-58(52)78/h9-44H,1-8H3. The van der Waals surface area contributed by atoms with Crippen molar-refractivity contribution in [1.29, 1.82) is 0 Å². The Morgan fingerprint density at radius 3 is 0.963 bits per heavy atom. The molecular weight excluding hydrogens is 989 g/mol. The molecule has 13 aromatic carbocycles. The van der Waals surface area contributed by atoms with E-state index in [0.717, 1.165) is 0 Å². The first kappa shape index (κ1) is 47.3. The van der Waals surface area contributed by atoms with Gasteiger partial charge >= 0.3 is 0 Å². The molecule has 0 unspecified atom stereocenters. The van der Waals surface area contributed by atoms with Gasteiger partial charge in [0.2, 0.25) is 0 Å². The molecule has 390 valence electrons. The molecule has 82 heavy (non-hydrogen) atoms. The maximum absolute atomic E-state index is 2.60. The van der Waals surface area contributed by atoms with E-state index in [-0.39, 0.29) is 10.8 Å². The molecule has 0 saturated carbocycles. The Kier molecular flexibility index (Phi) is 9.56. The Labute approximate surface area is 478 Å². The second-order valence-electron chi connectivity index (χ2n) is 24.9. The van der Waals surface area contributed by atoms with Gasteiger partial charge in [-0.3, -0.25) is 0 Å². The third-order valence-corrected chi connectivity index (χ3v) is 20.1. The topological polar surface area (TPSA) is 9.86 Å². The van der Waals surface area contributed by atoms with Gasteiger partial charge in [0.05, 0.1) is 22.4 Å². The van der Waals surface area contributed by atoms with Crippen molar-refractivity contribution in [1.82, 2.24) is 9.13 Å². The van der Waals surface area contributed by atoms with Gasteiger partial charge in [-0.05, 0) is 197 Å². The lowest BCUT2D eigenvalue weighted by molar-refractivity contribution is 0.660. The third kappa shape index (κ3) is 6.19. The number of hydrogen-bond donors (Lipinski definition) is 0. The lowest BCUT2D eigenvalue weighted by Crippen LogP contribution is -2.15. The molecule has 0 aliphatic heterocycles. The zero-order valence-electron chi connectivity index (χ0n) is 47.7. The number of benzene rings is 13. The van der Waals surface area contributed by atoms with E-state index in [9.17, 15) is 0 Å². The summed E-state index contributed by atoms with van der Waals surface area (Å²) in [6.45, 7) is 19.0. The molecule has 0 atom stereocenters. The van der Waals surface area contributed by atoms with Gasteiger partial charge in [0.15, 0.2) is 0 Å². The maximum atomic E-state index is 2.60. The summed E-state index contributed by atoms with van der Waals surface area (Å²) in [6.07, 6.45) is 0. The number of nitrogens with zero attached hydrogens (tertiary/aromatic N) is 2. The van der Waals surface area contributed by atoms with Crippen LogP contribution in [0.4, 0.5) is 0 Å². The van der Waals surface area contributed by atoms with E-state index in [4.69, 9.17) is 0 Å². The summed E-state index contributed by atoms with van der Waals surface area (Å²) in [5.41, 5.74) is 25.5.